The van der Waals surface area contributed by atoms with Crippen LogP contribution in [0.15, 0.2) is 60.3 Å². The van der Waals surface area contributed by atoms with Crippen LogP contribution >= 0.6 is 0 Å². The van der Waals surface area contributed by atoms with Crippen LogP contribution in [0.1, 0.15) is 23.6 Å². The van der Waals surface area contributed by atoms with Crippen LogP contribution in [0.4, 0.5) is 0 Å². The van der Waals surface area contributed by atoms with Crippen molar-refractivity contribution in [2.75, 3.05) is 6.61 Å². The molecule has 5 nitrogen and oxygen atoms in total. The number of ether oxygens (including phenoxy) is 1. The standard InChI is InChI=1S/C19H14N2O3/c1-2-24-19(23)17(21-20)18(22)16-11-7-6-10-15(16)13-12-14-8-4-3-5-9-14/h3-11H,2H2,1H3/p+1. The molecule has 2 rings (SSSR count). The molecule has 0 amide bonds. The Morgan fingerprint density at radius 3 is 2.46 bits per heavy atom. The normalized spacial score (nSPS) is 10.7. The van der Waals surface area contributed by atoms with E-state index in [0.717, 1.165) is 5.56 Å². The molecule has 24 heavy (non-hydrogen) atoms. The second-order valence-electron chi connectivity index (χ2n) is 4.68. The third-order valence-electron chi connectivity index (χ3n) is 3.09. The predicted octanol–water partition coefficient (Wildman–Crippen LogP) is 3.73. The van der Waals surface area contributed by atoms with E-state index in [2.05, 4.69) is 16.8 Å². The van der Waals surface area contributed by atoms with Crippen molar-refractivity contribution in [3.8, 4) is 11.8 Å². The Balaban J connectivity index is 2.47. The molecule has 0 atom stereocenters. The first-order valence-corrected chi connectivity index (χ1v) is 7.29. The Kier molecular flexibility index (Phi) is 5.71. The van der Waals surface area contributed by atoms with Gasteiger partial charge in [-0.2, -0.15) is 0 Å². The SMILES string of the molecule is CCOC(=O)/C([N+]#N)=C(\O)c1ccccc1C#Cc1ccccc1. The highest BCUT2D eigenvalue weighted by atomic mass is 16.5. The zero-order chi connectivity index (χ0) is 17.4. The van der Waals surface area contributed by atoms with Crippen molar-refractivity contribution in [1.29, 1.82) is 5.39 Å². The summed E-state index contributed by atoms with van der Waals surface area (Å²) in [5.41, 5.74) is 1.02. The lowest BCUT2D eigenvalue weighted by molar-refractivity contribution is -0.138. The monoisotopic (exact) mass is 319 g/mol. The number of nitrogens with zero attached hydrogens (tertiary/aromatic N) is 2. The van der Waals surface area contributed by atoms with Gasteiger partial charge < -0.3 is 9.84 Å². The van der Waals surface area contributed by atoms with Crippen LogP contribution in [0.2, 0.25) is 0 Å². The van der Waals surface area contributed by atoms with Crippen LogP contribution in [-0.4, -0.2) is 17.7 Å². The number of rotatable bonds is 3. The molecule has 0 saturated heterocycles. The average Bonchev–Trinajstić information content (AvgIpc) is 2.62. The zero-order valence-corrected chi connectivity index (χ0v) is 13.1. The van der Waals surface area contributed by atoms with Crippen LogP contribution in [-0.2, 0) is 9.53 Å². The number of hydrogen-bond acceptors (Lipinski definition) is 4. The van der Waals surface area contributed by atoms with E-state index < -0.39 is 17.4 Å². The minimum absolute atomic E-state index is 0.0978. The van der Waals surface area contributed by atoms with Gasteiger partial charge in [0.25, 0.3) is 0 Å². The van der Waals surface area contributed by atoms with Gasteiger partial charge in [0.15, 0.2) is 4.98 Å². The number of carbonyl (C=O) groups is 1. The molecule has 0 radical (unpaired) electrons. The maximum Gasteiger partial charge on any atom is 0.510 e. The number of aliphatic hydroxyl groups is 1. The molecule has 0 heterocycles. The van der Waals surface area contributed by atoms with Crippen molar-refractivity contribution >= 4 is 11.7 Å². The molecule has 1 N–H and O–H groups in total. The van der Waals surface area contributed by atoms with Crippen molar-refractivity contribution in [2.45, 2.75) is 6.92 Å². The Morgan fingerprint density at radius 2 is 1.79 bits per heavy atom. The number of esters is 1. The fraction of sp³-hybridized carbons (Fsp3) is 0.105. The van der Waals surface area contributed by atoms with Crippen LogP contribution in [0.25, 0.3) is 10.7 Å². The Morgan fingerprint density at radius 1 is 1.12 bits per heavy atom. The van der Waals surface area contributed by atoms with Crippen LogP contribution in [0.5, 0.6) is 0 Å². The summed E-state index contributed by atoms with van der Waals surface area (Å²) in [5.74, 6) is 4.51. The molecule has 0 aliphatic heterocycles. The number of carbonyl (C=O) groups excluding carboxylic acids is 1. The first kappa shape index (κ1) is 16.8. The van der Waals surface area contributed by atoms with Crippen molar-refractivity contribution < 1.29 is 14.6 Å². The van der Waals surface area contributed by atoms with E-state index in [9.17, 15) is 9.90 Å². The predicted molar refractivity (Wildman–Crippen MR) is 90.1 cm³/mol. The first-order chi connectivity index (χ1) is 11.7. The molecule has 0 aromatic heterocycles. The molecular formula is C19H15N2O3+. The van der Waals surface area contributed by atoms with Crippen molar-refractivity contribution in [1.82, 2.24) is 0 Å². The molecule has 0 spiro atoms. The molecule has 118 valence electrons. The van der Waals surface area contributed by atoms with Crippen molar-refractivity contribution in [3.63, 3.8) is 0 Å². The number of benzene rings is 2. The molecule has 5 heteroatoms. The van der Waals surface area contributed by atoms with E-state index in [1.807, 2.05) is 30.3 Å². The van der Waals surface area contributed by atoms with Gasteiger partial charge in [0.05, 0.1) is 6.61 Å². The topological polar surface area (TPSA) is 74.7 Å². The summed E-state index contributed by atoms with van der Waals surface area (Å²) in [5, 5.41) is 19.3. The highest BCUT2D eigenvalue weighted by molar-refractivity contribution is 5.98. The number of hydrogen-bond donors (Lipinski definition) is 1. The summed E-state index contributed by atoms with van der Waals surface area (Å²) < 4.78 is 4.76. The van der Waals surface area contributed by atoms with Crippen molar-refractivity contribution in [3.05, 3.63) is 82.0 Å². The highest BCUT2D eigenvalue weighted by Crippen LogP contribution is 2.21. The zero-order valence-electron chi connectivity index (χ0n) is 13.1. The van der Waals surface area contributed by atoms with E-state index in [0.29, 0.717) is 5.56 Å². The molecule has 0 aliphatic rings. The third kappa shape index (κ3) is 4.00. The van der Waals surface area contributed by atoms with Gasteiger partial charge in [0.1, 0.15) is 0 Å². The van der Waals surface area contributed by atoms with Gasteiger partial charge in [-0.25, -0.2) is 4.79 Å². The summed E-state index contributed by atoms with van der Waals surface area (Å²) in [4.78, 5) is 14.6. The van der Waals surface area contributed by atoms with E-state index in [1.165, 1.54) is 0 Å². The molecule has 0 saturated carbocycles. The van der Waals surface area contributed by atoms with E-state index >= 15 is 0 Å². The summed E-state index contributed by atoms with van der Waals surface area (Å²) in [6.07, 6.45) is 0. The van der Waals surface area contributed by atoms with Gasteiger partial charge in [-0.15, -0.1) is 0 Å². The van der Waals surface area contributed by atoms with Gasteiger partial charge in [0.2, 0.25) is 11.2 Å². The maximum absolute atomic E-state index is 11.7. The third-order valence-corrected chi connectivity index (χ3v) is 3.09. The Labute approximate surface area is 139 Å². The quantitative estimate of drug-likeness (QED) is 0.307. The Bertz CT molecular complexity index is 869. The lowest BCUT2D eigenvalue weighted by atomic mass is 10.0. The smallest absolute Gasteiger partial charge is 0.501 e. The molecule has 0 bridgehead atoms. The summed E-state index contributed by atoms with van der Waals surface area (Å²) in [6, 6.07) is 16.1. The lowest BCUT2D eigenvalue weighted by Gasteiger charge is -2.01. The van der Waals surface area contributed by atoms with Crippen LogP contribution in [0.3, 0.4) is 0 Å². The first-order valence-electron chi connectivity index (χ1n) is 7.29. The molecule has 2 aromatic rings. The number of aliphatic hydroxyl groups excluding tert-OH is 1. The second kappa shape index (κ2) is 8.17. The van der Waals surface area contributed by atoms with Gasteiger partial charge in [-0.3, -0.25) is 0 Å². The summed E-state index contributed by atoms with van der Waals surface area (Å²) >= 11 is 0. The van der Waals surface area contributed by atoms with E-state index in [-0.39, 0.29) is 12.2 Å². The van der Waals surface area contributed by atoms with Gasteiger partial charge >= 0.3 is 11.7 Å². The second-order valence-corrected chi connectivity index (χ2v) is 4.68. The fourth-order valence-corrected chi connectivity index (χ4v) is 1.97. The fourth-order valence-electron chi connectivity index (χ4n) is 1.97. The summed E-state index contributed by atoms with van der Waals surface area (Å²) in [6.45, 7) is 1.71. The van der Waals surface area contributed by atoms with Gasteiger partial charge in [-0.05, 0) is 31.2 Å². The van der Waals surface area contributed by atoms with E-state index in [1.54, 1.807) is 31.2 Å². The molecule has 2 aromatic carbocycles. The molecule has 0 fully saturated rings. The largest absolute Gasteiger partial charge is 0.510 e. The van der Waals surface area contributed by atoms with Crippen LogP contribution in [0, 0.1) is 17.2 Å². The van der Waals surface area contributed by atoms with Crippen molar-refractivity contribution in [2.24, 2.45) is 0 Å². The summed E-state index contributed by atoms with van der Waals surface area (Å²) in [7, 11) is 0. The number of diazo groups is 1. The highest BCUT2D eigenvalue weighted by Gasteiger charge is 2.32. The lowest BCUT2D eigenvalue weighted by Crippen LogP contribution is -2.08. The van der Waals surface area contributed by atoms with Gasteiger partial charge in [-0.1, -0.05) is 42.2 Å². The minimum atomic E-state index is -0.914. The molecular weight excluding hydrogens is 304 g/mol. The Hall–Kier alpha value is -3.57. The minimum Gasteiger partial charge on any atom is -0.501 e. The van der Waals surface area contributed by atoms with Crippen LogP contribution < -0.4 is 0 Å². The molecule has 0 unspecified atom stereocenters. The van der Waals surface area contributed by atoms with E-state index in [4.69, 9.17) is 10.1 Å². The van der Waals surface area contributed by atoms with Gasteiger partial charge in [0, 0.05) is 16.7 Å². The average molecular weight is 319 g/mol. The molecule has 0 aliphatic carbocycles. The maximum atomic E-state index is 11.7.